The minimum atomic E-state index is -0.153. The van der Waals surface area contributed by atoms with Crippen molar-refractivity contribution < 1.29 is 9.59 Å². The summed E-state index contributed by atoms with van der Waals surface area (Å²) < 4.78 is 0. The molecule has 0 atom stereocenters. The number of rotatable bonds is 6. The zero-order valence-electron chi connectivity index (χ0n) is 19.0. The molecule has 29 heavy (non-hydrogen) atoms. The third kappa shape index (κ3) is 7.35. The van der Waals surface area contributed by atoms with E-state index in [2.05, 4.69) is 21.7 Å². The SMILES string of the molecule is C=C(NC(=O)/C(C)=C(C)/C=C\C)N1CCN(C2CCC(C(N)=O)CC2)CC1.CC. The fourth-order valence-electron chi connectivity index (χ4n) is 3.94. The summed E-state index contributed by atoms with van der Waals surface area (Å²) in [7, 11) is 0. The number of hydrogen-bond donors (Lipinski definition) is 2. The third-order valence-electron chi connectivity index (χ3n) is 5.92. The molecule has 3 N–H and O–H groups in total. The van der Waals surface area contributed by atoms with E-state index in [1.807, 2.05) is 46.8 Å². The van der Waals surface area contributed by atoms with Crippen molar-refractivity contribution in [3.05, 3.63) is 35.7 Å². The Bertz CT molecular complexity index is 623. The van der Waals surface area contributed by atoms with Gasteiger partial charge in [0.2, 0.25) is 5.91 Å². The standard InChI is InChI=1S/C21H34N4O2.C2H6/c1-5-6-15(2)16(3)21(27)23-17(4)24-11-13-25(14-12-24)19-9-7-18(8-10-19)20(22)26;1-2/h5-6,18-19H,4,7-14H2,1-3H3,(H2,22,26)(H,23,27);1-2H3/b6-5-,16-15+;. The highest BCUT2D eigenvalue weighted by Crippen LogP contribution is 2.28. The number of nitrogens with zero attached hydrogens (tertiary/aromatic N) is 2. The van der Waals surface area contributed by atoms with Gasteiger partial charge in [0.05, 0.1) is 0 Å². The molecule has 0 aromatic rings. The molecule has 2 aliphatic rings. The molecule has 164 valence electrons. The van der Waals surface area contributed by atoms with Crippen LogP contribution in [-0.4, -0.2) is 53.8 Å². The summed E-state index contributed by atoms with van der Waals surface area (Å²) in [6.07, 6.45) is 7.75. The van der Waals surface area contributed by atoms with Crippen LogP contribution in [0.4, 0.5) is 0 Å². The molecule has 1 saturated carbocycles. The van der Waals surface area contributed by atoms with Crippen molar-refractivity contribution in [3.8, 4) is 0 Å². The lowest BCUT2D eigenvalue weighted by Crippen LogP contribution is -2.52. The van der Waals surface area contributed by atoms with Gasteiger partial charge in [-0.1, -0.05) is 32.6 Å². The van der Waals surface area contributed by atoms with Gasteiger partial charge in [-0.3, -0.25) is 14.5 Å². The zero-order valence-corrected chi connectivity index (χ0v) is 19.0. The first-order chi connectivity index (χ1) is 13.8. The van der Waals surface area contributed by atoms with E-state index in [1.54, 1.807) is 0 Å². The Morgan fingerprint density at radius 2 is 1.59 bits per heavy atom. The van der Waals surface area contributed by atoms with Crippen molar-refractivity contribution in [2.24, 2.45) is 11.7 Å². The maximum absolute atomic E-state index is 12.4. The summed E-state index contributed by atoms with van der Waals surface area (Å²) in [5.74, 6) is 0.478. The number of piperazine rings is 1. The van der Waals surface area contributed by atoms with Gasteiger partial charge < -0.3 is 16.0 Å². The highest BCUT2D eigenvalue weighted by Gasteiger charge is 2.30. The highest BCUT2D eigenvalue weighted by atomic mass is 16.2. The van der Waals surface area contributed by atoms with E-state index in [4.69, 9.17) is 5.73 Å². The third-order valence-corrected chi connectivity index (χ3v) is 5.92. The predicted octanol–water partition coefficient (Wildman–Crippen LogP) is 3.17. The Morgan fingerprint density at radius 3 is 2.07 bits per heavy atom. The number of primary amides is 1. The van der Waals surface area contributed by atoms with Crippen molar-refractivity contribution in [1.82, 2.24) is 15.1 Å². The van der Waals surface area contributed by atoms with Gasteiger partial charge in [-0.25, -0.2) is 0 Å². The number of nitrogens with two attached hydrogens (primary N) is 1. The Balaban J connectivity index is 0.00000204. The normalized spacial score (nSPS) is 23.7. The van der Waals surface area contributed by atoms with Gasteiger partial charge in [0, 0.05) is 43.7 Å². The maximum Gasteiger partial charge on any atom is 0.252 e. The minimum absolute atomic E-state index is 0.0554. The second kappa shape index (κ2) is 12.5. The molecule has 6 heteroatoms. The minimum Gasteiger partial charge on any atom is -0.369 e. The number of carbonyl (C=O) groups excluding carboxylic acids is 2. The zero-order chi connectivity index (χ0) is 22.0. The lowest BCUT2D eigenvalue weighted by molar-refractivity contribution is -0.123. The summed E-state index contributed by atoms with van der Waals surface area (Å²) in [6.45, 7) is 17.4. The average Bonchev–Trinajstić information content (AvgIpc) is 2.74. The number of amides is 2. The van der Waals surface area contributed by atoms with Crippen LogP contribution in [0.1, 0.15) is 60.3 Å². The second-order valence-electron chi connectivity index (χ2n) is 7.64. The molecular formula is C23H40N4O2. The van der Waals surface area contributed by atoms with Crippen molar-refractivity contribution >= 4 is 11.8 Å². The molecule has 6 nitrogen and oxygen atoms in total. The molecule has 1 saturated heterocycles. The van der Waals surface area contributed by atoms with Crippen LogP contribution in [0.5, 0.6) is 0 Å². The van der Waals surface area contributed by atoms with Crippen LogP contribution in [0.2, 0.25) is 0 Å². The monoisotopic (exact) mass is 404 g/mol. The van der Waals surface area contributed by atoms with E-state index in [9.17, 15) is 9.59 Å². The van der Waals surface area contributed by atoms with Crippen molar-refractivity contribution in [3.63, 3.8) is 0 Å². The summed E-state index contributed by atoms with van der Waals surface area (Å²) in [4.78, 5) is 28.3. The Kier molecular flexibility index (Phi) is 10.7. The second-order valence-corrected chi connectivity index (χ2v) is 7.64. The number of nitrogens with one attached hydrogen (secondary N) is 1. The van der Waals surface area contributed by atoms with Crippen LogP contribution in [-0.2, 0) is 9.59 Å². The molecule has 1 heterocycles. The Labute approximate surface area is 176 Å². The van der Waals surface area contributed by atoms with Gasteiger partial charge in [0.25, 0.3) is 5.91 Å². The lowest BCUT2D eigenvalue weighted by Gasteiger charge is -2.42. The summed E-state index contributed by atoms with van der Waals surface area (Å²) in [5, 5.41) is 2.93. The topological polar surface area (TPSA) is 78.7 Å². The molecule has 2 fully saturated rings. The smallest absolute Gasteiger partial charge is 0.252 e. The fourth-order valence-corrected chi connectivity index (χ4v) is 3.94. The highest BCUT2D eigenvalue weighted by molar-refractivity contribution is 5.94. The van der Waals surface area contributed by atoms with E-state index in [-0.39, 0.29) is 17.7 Å². The van der Waals surface area contributed by atoms with Crippen LogP contribution >= 0.6 is 0 Å². The molecule has 0 unspecified atom stereocenters. The van der Waals surface area contributed by atoms with Crippen LogP contribution in [0.3, 0.4) is 0 Å². The van der Waals surface area contributed by atoms with E-state index in [0.29, 0.717) is 17.4 Å². The van der Waals surface area contributed by atoms with Gasteiger partial charge in [-0.05, 0) is 52.0 Å². The van der Waals surface area contributed by atoms with Crippen molar-refractivity contribution in [2.45, 2.75) is 66.3 Å². The number of allylic oxidation sites excluding steroid dienone is 3. The van der Waals surface area contributed by atoms with Gasteiger partial charge in [-0.15, -0.1) is 0 Å². The molecular weight excluding hydrogens is 364 g/mol. The largest absolute Gasteiger partial charge is 0.369 e. The van der Waals surface area contributed by atoms with E-state index >= 15 is 0 Å². The van der Waals surface area contributed by atoms with E-state index in [0.717, 1.165) is 57.4 Å². The maximum atomic E-state index is 12.4. The van der Waals surface area contributed by atoms with E-state index < -0.39 is 0 Å². The van der Waals surface area contributed by atoms with Gasteiger partial charge >= 0.3 is 0 Å². The first-order valence-electron chi connectivity index (χ1n) is 10.9. The Hall–Kier alpha value is -2.08. The molecule has 0 aromatic carbocycles. The van der Waals surface area contributed by atoms with Crippen molar-refractivity contribution in [2.75, 3.05) is 26.2 Å². The number of hydrogen-bond acceptors (Lipinski definition) is 4. The molecule has 0 bridgehead atoms. The van der Waals surface area contributed by atoms with Crippen LogP contribution in [0, 0.1) is 5.92 Å². The van der Waals surface area contributed by atoms with Crippen LogP contribution in [0.15, 0.2) is 35.7 Å². The average molecular weight is 405 g/mol. The summed E-state index contributed by atoms with van der Waals surface area (Å²) in [6, 6.07) is 0.541. The fraction of sp³-hybridized carbons (Fsp3) is 0.652. The lowest BCUT2D eigenvalue weighted by atomic mass is 9.84. The number of carbonyl (C=O) groups is 2. The molecule has 0 radical (unpaired) electrons. The first kappa shape index (κ1) is 25.0. The summed E-state index contributed by atoms with van der Waals surface area (Å²) in [5.41, 5.74) is 7.09. The van der Waals surface area contributed by atoms with Gasteiger partial charge in [-0.2, -0.15) is 0 Å². The molecule has 1 aliphatic heterocycles. The van der Waals surface area contributed by atoms with E-state index in [1.165, 1.54) is 0 Å². The first-order valence-corrected chi connectivity index (χ1v) is 10.9. The Morgan fingerprint density at radius 1 is 1.03 bits per heavy atom. The van der Waals surface area contributed by atoms with Gasteiger partial charge in [0.15, 0.2) is 0 Å². The quantitative estimate of drug-likeness (QED) is 0.526. The molecule has 2 amide bonds. The van der Waals surface area contributed by atoms with Crippen LogP contribution in [0.25, 0.3) is 0 Å². The molecule has 0 spiro atoms. The van der Waals surface area contributed by atoms with Gasteiger partial charge in [0.1, 0.15) is 5.82 Å². The predicted molar refractivity (Wildman–Crippen MR) is 120 cm³/mol. The molecule has 0 aromatic heterocycles. The van der Waals surface area contributed by atoms with Crippen molar-refractivity contribution in [1.29, 1.82) is 0 Å². The molecule has 2 rings (SSSR count). The summed E-state index contributed by atoms with van der Waals surface area (Å²) >= 11 is 0. The van der Waals surface area contributed by atoms with Crippen LogP contribution < -0.4 is 11.1 Å². The molecule has 1 aliphatic carbocycles.